The van der Waals surface area contributed by atoms with E-state index in [-0.39, 0.29) is 29.5 Å². The van der Waals surface area contributed by atoms with Gasteiger partial charge in [-0.1, -0.05) is 37.3 Å². The highest BCUT2D eigenvalue weighted by Gasteiger charge is 2.55. The van der Waals surface area contributed by atoms with E-state index in [9.17, 15) is 9.59 Å². The fourth-order valence-electron chi connectivity index (χ4n) is 3.72. The molecule has 4 rings (SSSR count). The quantitative estimate of drug-likeness (QED) is 0.862. The molecule has 1 unspecified atom stereocenters. The number of nitrogens with one attached hydrogen (secondary N) is 2. The molecule has 0 radical (unpaired) electrons. The average molecular weight is 354 g/mol. The van der Waals surface area contributed by atoms with Gasteiger partial charge in [0.25, 0.3) is 11.8 Å². The fourth-order valence-corrected chi connectivity index (χ4v) is 3.72. The molecule has 2 fully saturated rings. The number of fused-ring (bicyclic) bond motifs is 1. The third-order valence-corrected chi connectivity index (χ3v) is 5.40. The zero-order valence-electron chi connectivity index (χ0n) is 14.8. The molecule has 2 heterocycles. The smallest absolute Gasteiger partial charge is 0.286 e. The van der Waals surface area contributed by atoms with Crippen molar-refractivity contribution in [3.63, 3.8) is 0 Å². The summed E-state index contributed by atoms with van der Waals surface area (Å²) in [5, 5.41) is 5.62. The number of hydrogen-bond acceptors (Lipinski definition) is 4. The minimum Gasteiger partial charge on any atom is -0.454 e. The lowest BCUT2D eigenvalue weighted by Crippen LogP contribution is -2.30. The summed E-state index contributed by atoms with van der Waals surface area (Å²) in [4.78, 5) is 24.9. The van der Waals surface area contributed by atoms with Crippen molar-refractivity contribution in [2.75, 3.05) is 20.3 Å². The van der Waals surface area contributed by atoms with E-state index in [1.54, 1.807) is 0 Å². The van der Waals surface area contributed by atoms with Crippen molar-refractivity contribution in [1.29, 1.82) is 0 Å². The zero-order chi connectivity index (χ0) is 18.3. The van der Waals surface area contributed by atoms with Gasteiger partial charge in [0.15, 0.2) is 5.76 Å². The van der Waals surface area contributed by atoms with E-state index < -0.39 is 0 Å². The lowest BCUT2D eigenvalue weighted by atomic mass is 9.96. The third kappa shape index (κ3) is 2.90. The van der Waals surface area contributed by atoms with Gasteiger partial charge in [0.1, 0.15) is 5.76 Å². The van der Waals surface area contributed by atoms with E-state index in [0.717, 1.165) is 5.56 Å². The van der Waals surface area contributed by atoms with Gasteiger partial charge in [-0.2, -0.15) is 0 Å². The Hall–Kier alpha value is -2.60. The maximum absolute atomic E-state index is 12.9. The van der Waals surface area contributed by atoms with Crippen LogP contribution in [0.4, 0.5) is 0 Å². The number of carbonyl (C=O) groups excluding carboxylic acids is 2. The zero-order valence-corrected chi connectivity index (χ0v) is 14.8. The second-order valence-electron chi connectivity index (χ2n) is 6.96. The van der Waals surface area contributed by atoms with Gasteiger partial charge in [0.2, 0.25) is 0 Å². The van der Waals surface area contributed by atoms with Gasteiger partial charge in [-0.25, -0.2) is 0 Å². The average Bonchev–Trinajstić information content (AvgIpc) is 3.07. The molecule has 2 amide bonds. The second-order valence-corrected chi connectivity index (χ2v) is 6.96. The van der Waals surface area contributed by atoms with Crippen LogP contribution < -0.4 is 10.6 Å². The molecular formula is C20H22N2O4. The van der Waals surface area contributed by atoms with Crippen LogP contribution >= 0.6 is 0 Å². The van der Waals surface area contributed by atoms with Gasteiger partial charge in [-0.3, -0.25) is 9.59 Å². The molecule has 136 valence electrons. The topological polar surface area (TPSA) is 80.6 Å². The van der Waals surface area contributed by atoms with Crippen LogP contribution in [-0.2, 0) is 4.74 Å². The highest BCUT2D eigenvalue weighted by Crippen LogP contribution is 2.44. The number of amides is 2. The van der Waals surface area contributed by atoms with Crippen molar-refractivity contribution >= 4 is 11.8 Å². The largest absolute Gasteiger partial charge is 0.454 e. The van der Waals surface area contributed by atoms with Crippen molar-refractivity contribution < 1.29 is 18.7 Å². The Morgan fingerprint density at radius 1 is 1.12 bits per heavy atom. The first-order chi connectivity index (χ1) is 12.6. The second kappa shape index (κ2) is 6.61. The van der Waals surface area contributed by atoms with Crippen LogP contribution in [0.25, 0.3) is 0 Å². The van der Waals surface area contributed by atoms with Gasteiger partial charge in [-0.05, 0) is 5.56 Å². The minimum absolute atomic E-state index is 0.141. The Balaban J connectivity index is 1.62. The summed E-state index contributed by atoms with van der Waals surface area (Å²) in [6.07, 6.45) is 0. The highest BCUT2D eigenvalue weighted by molar-refractivity contribution is 5.99. The number of benzene rings is 1. The van der Waals surface area contributed by atoms with E-state index in [1.165, 1.54) is 13.1 Å². The molecule has 1 saturated heterocycles. The van der Waals surface area contributed by atoms with Crippen LogP contribution in [0.2, 0.25) is 0 Å². The van der Waals surface area contributed by atoms with Crippen LogP contribution in [0.5, 0.6) is 0 Å². The summed E-state index contributed by atoms with van der Waals surface area (Å²) in [6, 6.07) is 11.5. The Morgan fingerprint density at radius 2 is 1.81 bits per heavy atom. The predicted molar refractivity (Wildman–Crippen MR) is 95.1 cm³/mol. The lowest BCUT2D eigenvalue weighted by Gasteiger charge is -2.12. The number of ether oxygens (including phenoxy) is 1. The van der Waals surface area contributed by atoms with E-state index in [0.29, 0.717) is 36.4 Å². The maximum atomic E-state index is 12.9. The number of carbonyl (C=O) groups is 2. The number of furan rings is 1. The monoisotopic (exact) mass is 354 g/mol. The molecule has 1 saturated carbocycles. The standard InChI is InChI=1S/C20H22N2O4/c1-11(12-6-4-3-5-7-12)18-13(8-16(26-18)20(24)21-2)19(23)22-17-14-9-25-10-15(14)17/h3-8,11,14-15,17H,9-10H2,1-2H3,(H,21,24)(H,22,23)/t11-,14-,15+,17?/m0/s1. The van der Waals surface area contributed by atoms with E-state index >= 15 is 0 Å². The van der Waals surface area contributed by atoms with Crippen LogP contribution in [-0.4, -0.2) is 38.1 Å². The summed E-state index contributed by atoms with van der Waals surface area (Å²) in [6.45, 7) is 3.38. The Morgan fingerprint density at radius 3 is 2.46 bits per heavy atom. The molecule has 1 aliphatic heterocycles. The van der Waals surface area contributed by atoms with Gasteiger partial charge in [0.05, 0.1) is 18.8 Å². The Bertz CT molecular complexity index is 820. The molecule has 6 nitrogen and oxygen atoms in total. The molecule has 2 aromatic rings. The van der Waals surface area contributed by atoms with Crippen LogP contribution in [0.15, 0.2) is 40.8 Å². The van der Waals surface area contributed by atoms with Crippen molar-refractivity contribution in [1.82, 2.24) is 10.6 Å². The van der Waals surface area contributed by atoms with Gasteiger partial charge < -0.3 is 19.8 Å². The van der Waals surface area contributed by atoms with E-state index in [4.69, 9.17) is 9.15 Å². The number of hydrogen-bond donors (Lipinski definition) is 2. The first-order valence-corrected chi connectivity index (χ1v) is 8.89. The van der Waals surface area contributed by atoms with Crippen LogP contribution in [0.3, 0.4) is 0 Å². The van der Waals surface area contributed by atoms with Crippen molar-refractivity contribution in [2.45, 2.75) is 18.9 Å². The van der Waals surface area contributed by atoms with Crippen LogP contribution in [0.1, 0.15) is 45.1 Å². The third-order valence-electron chi connectivity index (χ3n) is 5.40. The molecule has 0 bridgehead atoms. The van der Waals surface area contributed by atoms with Crippen molar-refractivity contribution in [3.05, 3.63) is 59.0 Å². The molecule has 26 heavy (non-hydrogen) atoms. The normalized spacial score (nSPS) is 24.6. The molecule has 1 aliphatic carbocycles. The first kappa shape index (κ1) is 16.8. The molecule has 2 N–H and O–H groups in total. The summed E-state index contributed by atoms with van der Waals surface area (Å²) in [7, 11) is 1.54. The lowest BCUT2D eigenvalue weighted by molar-refractivity contribution is 0.0919. The summed E-state index contributed by atoms with van der Waals surface area (Å²) in [5.74, 6) is 0.809. The van der Waals surface area contributed by atoms with Crippen molar-refractivity contribution in [3.8, 4) is 0 Å². The SMILES string of the molecule is CNC(=O)c1cc(C(=O)NC2[C@H]3COC[C@@H]23)c([C@@H](C)c2ccccc2)o1. The van der Waals surface area contributed by atoms with Crippen molar-refractivity contribution in [2.24, 2.45) is 11.8 Å². The van der Waals surface area contributed by atoms with E-state index in [1.807, 2.05) is 37.3 Å². The molecular weight excluding hydrogens is 332 g/mol. The van der Waals surface area contributed by atoms with Gasteiger partial charge in [-0.15, -0.1) is 0 Å². The number of rotatable bonds is 5. The molecule has 1 aromatic carbocycles. The molecule has 1 aromatic heterocycles. The molecule has 6 heteroatoms. The Labute approximate surface area is 151 Å². The molecule has 0 spiro atoms. The van der Waals surface area contributed by atoms with Crippen LogP contribution in [0, 0.1) is 11.8 Å². The molecule has 2 aliphatic rings. The Kier molecular flexibility index (Phi) is 4.28. The predicted octanol–water partition coefficient (Wildman–Crippen LogP) is 2.17. The highest BCUT2D eigenvalue weighted by atomic mass is 16.5. The molecule has 4 atom stereocenters. The fraction of sp³-hybridized carbons (Fsp3) is 0.400. The maximum Gasteiger partial charge on any atom is 0.286 e. The first-order valence-electron chi connectivity index (χ1n) is 8.89. The summed E-state index contributed by atoms with van der Waals surface area (Å²) in [5.41, 5.74) is 1.45. The minimum atomic E-state index is -0.345. The van der Waals surface area contributed by atoms with Gasteiger partial charge in [0, 0.05) is 36.9 Å². The summed E-state index contributed by atoms with van der Waals surface area (Å²) < 4.78 is 11.2. The van der Waals surface area contributed by atoms with E-state index in [2.05, 4.69) is 10.6 Å². The summed E-state index contributed by atoms with van der Waals surface area (Å²) >= 11 is 0. The van der Waals surface area contributed by atoms with Gasteiger partial charge >= 0.3 is 0 Å².